The van der Waals surface area contributed by atoms with E-state index >= 15 is 0 Å². The highest BCUT2D eigenvalue weighted by molar-refractivity contribution is 5.95. The molecule has 78 valence electrons. The maximum atomic E-state index is 10.8. The predicted octanol–water partition coefficient (Wildman–Crippen LogP) is 3.01. The van der Waals surface area contributed by atoms with Crippen molar-refractivity contribution in [2.45, 2.75) is 6.42 Å². The fourth-order valence-corrected chi connectivity index (χ4v) is 2.26. The molecule has 3 heteroatoms. The molecule has 0 unspecified atom stereocenters. The summed E-state index contributed by atoms with van der Waals surface area (Å²) in [7, 11) is 0. The van der Waals surface area contributed by atoms with Gasteiger partial charge < -0.3 is 0 Å². The predicted molar refractivity (Wildman–Crippen MR) is 62.6 cm³/mol. The molecule has 0 heterocycles. The summed E-state index contributed by atoms with van der Waals surface area (Å²) < 4.78 is 0. The summed E-state index contributed by atoms with van der Waals surface area (Å²) in [5.74, 6) is 0. The normalized spacial score (nSPS) is 13.6. The highest BCUT2D eigenvalue weighted by atomic mass is 16.6. The van der Waals surface area contributed by atoms with Gasteiger partial charge in [-0.25, -0.2) is 0 Å². The van der Waals surface area contributed by atoms with E-state index in [0.29, 0.717) is 6.42 Å². The molecule has 0 aromatic heterocycles. The van der Waals surface area contributed by atoms with E-state index < -0.39 is 0 Å². The molecule has 2 aromatic carbocycles. The lowest BCUT2D eigenvalue weighted by Gasteiger charge is -2.13. The van der Waals surface area contributed by atoms with Gasteiger partial charge in [-0.05, 0) is 21.9 Å². The maximum absolute atomic E-state index is 10.8. The molecule has 0 spiro atoms. The fraction of sp³-hybridized carbons (Fsp3) is 0.0769. The molecule has 0 saturated heterocycles. The van der Waals surface area contributed by atoms with E-state index in [0.717, 1.165) is 21.9 Å². The molecule has 0 bridgehead atoms. The van der Waals surface area contributed by atoms with Crippen molar-refractivity contribution >= 4 is 16.8 Å². The molecule has 3 nitrogen and oxygen atoms in total. The number of hydrogen-bond acceptors (Lipinski definition) is 2. The Hall–Kier alpha value is -2.16. The minimum Gasteiger partial charge on any atom is -0.259 e. The second-order valence-electron chi connectivity index (χ2n) is 3.93. The van der Waals surface area contributed by atoms with E-state index in [9.17, 15) is 10.1 Å². The molecule has 0 amide bonds. The van der Waals surface area contributed by atoms with Gasteiger partial charge in [0.25, 0.3) is 5.70 Å². The third-order valence-electron chi connectivity index (χ3n) is 2.95. The van der Waals surface area contributed by atoms with E-state index in [4.69, 9.17) is 0 Å². The Bertz CT molecular complexity index is 624. The standard InChI is InChI=1S/C13H9NO2/c15-14(16)12-7-10-5-1-3-9-4-2-6-11(8-12)13(9)10/h1-7H,8H2. The van der Waals surface area contributed by atoms with Gasteiger partial charge in [-0.15, -0.1) is 0 Å². The largest absolute Gasteiger partial charge is 0.259 e. The van der Waals surface area contributed by atoms with Crippen molar-refractivity contribution in [3.8, 4) is 0 Å². The number of nitrogens with zero attached hydrogens (tertiary/aromatic N) is 1. The first-order chi connectivity index (χ1) is 7.75. The first-order valence-electron chi connectivity index (χ1n) is 5.11. The lowest BCUT2D eigenvalue weighted by atomic mass is 9.92. The Morgan fingerprint density at radius 2 is 1.88 bits per heavy atom. The molecule has 2 aromatic rings. The molecule has 0 N–H and O–H groups in total. The molecule has 16 heavy (non-hydrogen) atoms. The van der Waals surface area contributed by atoms with Crippen LogP contribution in [-0.2, 0) is 6.42 Å². The van der Waals surface area contributed by atoms with Gasteiger partial charge in [-0.1, -0.05) is 36.4 Å². The third kappa shape index (κ3) is 1.21. The van der Waals surface area contributed by atoms with Gasteiger partial charge in [-0.2, -0.15) is 0 Å². The second kappa shape index (κ2) is 3.17. The van der Waals surface area contributed by atoms with Crippen molar-refractivity contribution in [1.29, 1.82) is 0 Å². The Morgan fingerprint density at radius 1 is 1.12 bits per heavy atom. The van der Waals surface area contributed by atoms with Crippen molar-refractivity contribution in [2.75, 3.05) is 0 Å². The highest BCUT2D eigenvalue weighted by Gasteiger charge is 2.19. The molecular formula is C13H9NO2. The zero-order valence-corrected chi connectivity index (χ0v) is 8.51. The van der Waals surface area contributed by atoms with Crippen LogP contribution in [0.2, 0.25) is 0 Å². The van der Waals surface area contributed by atoms with E-state index in [1.54, 1.807) is 6.08 Å². The van der Waals surface area contributed by atoms with Crippen LogP contribution in [0.15, 0.2) is 42.1 Å². The lowest BCUT2D eigenvalue weighted by molar-refractivity contribution is -0.425. The van der Waals surface area contributed by atoms with Crippen LogP contribution in [-0.4, -0.2) is 4.92 Å². The number of allylic oxidation sites excluding steroid dienone is 1. The molecule has 1 aliphatic carbocycles. The monoisotopic (exact) mass is 211 g/mol. The Morgan fingerprint density at radius 3 is 2.62 bits per heavy atom. The summed E-state index contributed by atoms with van der Waals surface area (Å²) in [5.41, 5.74) is 2.26. The summed E-state index contributed by atoms with van der Waals surface area (Å²) in [6.07, 6.45) is 2.09. The Kier molecular flexibility index (Phi) is 1.80. The van der Waals surface area contributed by atoms with Gasteiger partial charge >= 0.3 is 0 Å². The van der Waals surface area contributed by atoms with Gasteiger partial charge in [0.05, 0.1) is 11.3 Å². The van der Waals surface area contributed by atoms with Crippen LogP contribution in [0, 0.1) is 10.1 Å². The fourth-order valence-electron chi connectivity index (χ4n) is 2.26. The minimum atomic E-state index is -0.297. The Balaban J connectivity index is 2.36. The van der Waals surface area contributed by atoms with Crippen LogP contribution in [0.4, 0.5) is 0 Å². The zero-order valence-electron chi connectivity index (χ0n) is 8.51. The van der Waals surface area contributed by atoms with Gasteiger partial charge in [0.15, 0.2) is 0 Å². The molecule has 1 aliphatic rings. The van der Waals surface area contributed by atoms with Gasteiger partial charge in [-0.3, -0.25) is 10.1 Å². The van der Waals surface area contributed by atoms with E-state index in [-0.39, 0.29) is 10.6 Å². The van der Waals surface area contributed by atoms with Crippen molar-refractivity contribution in [1.82, 2.24) is 0 Å². The van der Waals surface area contributed by atoms with Crippen LogP contribution < -0.4 is 0 Å². The zero-order chi connectivity index (χ0) is 11.1. The summed E-state index contributed by atoms with van der Waals surface area (Å²) in [5, 5.41) is 13.1. The molecule has 0 radical (unpaired) electrons. The first kappa shape index (κ1) is 9.09. The highest BCUT2D eigenvalue weighted by Crippen LogP contribution is 2.31. The maximum Gasteiger partial charge on any atom is 0.251 e. The van der Waals surface area contributed by atoms with Crippen molar-refractivity contribution < 1.29 is 4.92 Å². The topological polar surface area (TPSA) is 43.1 Å². The third-order valence-corrected chi connectivity index (χ3v) is 2.95. The second-order valence-corrected chi connectivity index (χ2v) is 3.93. The quantitative estimate of drug-likeness (QED) is 0.537. The first-order valence-corrected chi connectivity index (χ1v) is 5.11. The van der Waals surface area contributed by atoms with Crippen molar-refractivity contribution in [3.63, 3.8) is 0 Å². The van der Waals surface area contributed by atoms with Crippen molar-refractivity contribution in [3.05, 3.63) is 63.3 Å². The summed E-state index contributed by atoms with van der Waals surface area (Å²) >= 11 is 0. The summed E-state index contributed by atoms with van der Waals surface area (Å²) in [6, 6.07) is 11.8. The SMILES string of the molecule is O=[N+]([O-])C1=Cc2cccc3cccc(c23)C1. The van der Waals surface area contributed by atoms with Crippen LogP contribution >= 0.6 is 0 Å². The van der Waals surface area contributed by atoms with E-state index in [2.05, 4.69) is 0 Å². The summed E-state index contributed by atoms with van der Waals surface area (Å²) in [4.78, 5) is 10.5. The number of nitro groups is 1. The van der Waals surface area contributed by atoms with Crippen LogP contribution in [0.3, 0.4) is 0 Å². The molecule has 0 aliphatic heterocycles. The molecule has 0 fully saturated rings. The average Bonchev–Trinajstić information content (AvgIpc) is 2.29. The van der Waals surface area contributed by atoms with Crippen LogP contribution in [0.5, 0.6) is 0 Å². The van der Waals surface area contributed by atoms with Crippen LogP contribution in [0.25, 0.3) is 16.8 Å². The average molecular weight is 211 g/mol. The lowest BCUT2D eigenvalue weighted by Crippen LogP contribution is -2.06. The minimum absolute atomic E-state index is 0.270. The van der Waals surface area contributed by atoms with E-state index in [1.165, 1.54) is 0 Å². The van der Waals surface area contributed by atoms with Crippen LogP contribution in [0.1, 0.15) is 11.1 Å². The number of benzene rings is 2. The molecule has 0 saturated carbocycles. The smallest absolute Gasteiger partial charge is 0.251 e. The van der Waals surface area contributed by atoms with Gasteiger partial charge in [0, 0.05) is 6.08 Å². The van der Waals surface area contributed by atoms with Gasteiger partial charge in [0.1, 0.15) is 0 Å². The molecule has 3 rings (SSSR count). The Labute approximate surface area is 92.2 Å². The molecule has 0 atom stereocenters. The van der Waals surface area contributed by atoms with Gasteiger partial charge in [0.2, 0.25) is 0 Å². The number of hydrogen-bond donors (Lipinski definition) is 0. The summed E-state index contributed by atoms with van der Waals surface area (Å²) in [6.45, 7) is 0. The van der Waals surface area contributed by atoms with Crippen molar-refractivity contribution in [2.24, 2.45) is 0 Å². The number of rotatable bonds is 1. The molecular weight excluding hydrogens is 202 g/mol. The van der Waals surface area contributed by atoms with E-state index in [1.807, 2.05) is 36.4 Å².